The summed E-state index contributed by atoms with van der Waals surface area (Å²) in [6, 6.07) is 5.09. The molecule has 1 aliphatic rings. The summed E-state index contributed by atoms with van der Waals surface area (Å²) in [6.45, 7) is 3.00. The van der Waals surface area contributed by atoms with Crippen molar-refractivity contribution >= 4 is 38.9 Å². The van der Waals surface area contributed by atoms with Crippen molar-refractivity contribution in [2.45, 2.75) is 55.7 Å². The minimum absolute atomic E-state index is 0.00556. The minimum atomic E-state index is -4.56. The lowest BCUT2D eigenvalue weighted by Gasteiger charge is -2.23. The number of carbonyl (C=O) groups excluding carboxylic acids is 1. The van der Waals surface area contributed by atoms with Crippen LogP contribution < -0.4 is 16.6 Å². The number of thiophene rings is 1. The van der Waals surface area contributed by atoms with Crippen molar-refractivity contribution in [2.75, 3.05) is 6.54 Å². The standard InChI is InChI=1S/C24H24ClF3N4O5S2/c1-14(2)32-22(34)15(13-30(23(32)35)17-7-5-16(6-8-17)24(26,27)28)12-29-21(33)18-4-3-11-31(18)39(36,37)20-10-9-19(25)38-20/h5-10,13-14,18H,3-4,11-12H2,1-2H3,(H,29,33)/t18-/m0/s1. The largest absolute Gasteiger partial charge is 0.416 e. The van der Waals surface area contributed by atoms with E-state index in [-0.39, 0.29) is 35.0 Å². The van der Waals surface area contributed by atoms with Crippen molar-refractivity contribution < 1.29 is 26.4 Å². The van der Waals surface area contributed by atoms with Crippen LogP contribution in [0.2, 0.25) is 4.34 Å². The SMILES string of the molecule is CC(C)n1c(=O)c(CNC(=O)[C@@H]2CCCN2S(=O)(=O)c2ccc(Cl)s2)cn(-c2ccc(C(F)(F)F)cc2)c1=O. The van der Waals surface area contributed by atoms with Gasteiger partial charge in [-0.3, -0.25) is 18.7 Å². The van der Waals surface area contributed by atoms with Crippen LogP contribution in [0.4, 0.5) is 13.2 Å². The second-order valence-corrected chi connectivity index (χ2v) is 13.0. The third-order valence-corrected chi connectivity index (χ3v) is 9.86. The lowest BCUT2D eigenvalue weighted by molar-refractivity contribution is -0.137. The van der Waals surface area contributed by atoms with Gasteiger partial charge in [0.15, 0.2) is 0 Å². The molecular formula is C24H24ClF3N4O5S2. The zero-order chi connectivity index (χ0) is 28.7. The molecule has 4 rings (SSSR count). The third kappa shape index (κ3) is 5.83. The van der Waals surface area contributed by atoms with E-state index in [2.05, 4.69) is 5.32 Å². The Morgan fingerprint density at radius 1 is 1.15 bits per heavy atom. The summed E-state index contributed by atoms with van der Waals surface area (Å²) < 4.78 is 68.5. The van der Waals surface area contributed by atoms with Gasteiger partial charge in [0.25, 0.3) is 15.6 Å². The molecule has 0 unspecified atom stereocenters. The van der Waals surface area contributed by atoms with Crippen LogP contribution in [0, 0.1) is 0 Å². The molecule has 1 N–H and O–H groups in total. The van der Waals surface area contributed by atoms with Gasteiger partial charge in [0.05, 0.1) is 21.2 Å². The molecule has 9 nitrogen and oxygen atoms in total. The number of nitrogens with one attached hydrogen (secondary N) is 1. The fourth-order valence-corrected chi connectivity index (χ4v) is 7.61. The van der Waals surface area contributed by atoms with E-state index in [4.69, 9.17) is 11.6 Å². The van der Waals surface area contributed by atoms with Gasteiger partial charge in [-0.05, 0) is 63.1 Å². The first-order chi connectivity index (χ1) is 18.2. The molecule has 0 spiro atoms. The zero-order valence-corrected chi connectivity index (χ0v) is 23.1. The Balaban J connectivity index is 1.62. The topological polar surface area (TPSA) is 110 Å². The maximum atomic E-state index is 13.1. The molecule has 210 valence electrons. The fraction of sp³-hybridized carbons (Fsp3) is 0.375. The van der Waals surface area contributed by atoms with Crippen molar-refractivity contribution in [3.8, 4) is 5.69 Å². The molecule has 3 aromatic rings. The van der Waals surface area contributed by atoms with Crippen LogP contribution in [-0.4, -0.2) is 40.4 Å². The van der Waals surface area contributed by atoms with Crippen molar-refractivity contribution in [2.24, 2.45) is 0 Å². The first-order valence-corrected chi connectivity index (χ1v) is 14.4. The molecular weight excluding hydrogens is 581 g/mol. The van der Waals surface area contributed by atoms with Gasteiger partial charge < -0.3 is 5.32 Å². The van der Waals surface area contributed by atoms with E-state index in [0.29, 0.717) is 10.8 Å². The molecule has 1 aromatic carbocycles. The molecule has 1 saturated heterocycles. The molecule has 15 heteroatoms. The zero-order valence-electron chi connectivity index (χ0n) is 20.7. The van der Waals surface area contributed by atoms with Gasteiger partial charge in [-0.15, -0.1) is 11.3 Å². The third-order valence-electron chi connectivity index (χ3n) is 6.25. The van der Waals surface area contributed by atoms with Gasteiger partial charge in [-0.1, -0.05) is 11.6 Å². The van der Waals surface area contributed by atoms with Crippen molar-refractivity contribution in [3.63, 3.8) is 0 Å². The second kappa shape index (κ2) is 10.9. The van der Waals surface area contributed by atoms with Gasteiger partial charge in [-0.25, -0.2) is 13.2 Å². The number of alkyl halides is 3. The first-order valence-electron chi connectivity index (χ1n) is 11.8. The Kier molecular flexibility index (Phi) is 8.13. The lowest BCUT2D eigenvalue weighted by Crippen LogP contribution is -2.47. The maximum Gasteiger partial charge on any atom is 0.416 e. The smallest absolute Gasteiger partial charge is 0.350 e. The first kappa shape index (κ1) is 29.1. The van der Waals surface area contributed by atoms with Gasteiger partial charge >= 0.3 is 11.9 Å². The van der Waals surface area contributed by atoms with E-state index < -0.39 is 51.0 Å². The van der Waals surface area contributed by atoms with Crippen LogP contribution in [0.3, 0.4) is 0 Å². The average molecular weight is 605 g/mol. The summed E-state index contributed by atoms with van der Waals surface area (Å²) in [6.07, 6.45) is -2.67. The monoisotopic (exact) mass is 604 g/mol. The molecule has 0 bridgehead atoms. The van der Waals surface area contributed by atoms with Gasteiger partial charge in [-0.2, -0.15) is 17.5 Å². The number of sulfonamides is 1. The Morgan fingerprint density at radius 2 is 1.82 bits per heavy atom. The molecule has 1 amide bonds. The number of benzene rings is 1. The molecule has 0 radical (unpaired) electrons. The van der Waals surface area contributed by atoms with Crippen LogP contribution in [-0.2, 0) is 27.5 Å². The number of halogens is 4. The van der Waals surface area contributed by atoms with E-state index in [1.807, 2.05) is 0 Å². The molecule has 3 heterocycles. The molecule has 1 atom stereocenters. The van der Waals surface area contributed by atoms with Crippen molar-refractivity contribution in [1.29, 1.82) is 0 Å². The lowest BCUT2D eigenvalue weighted by atomic mass is 10.2. The Labute approximate surface area is 230 Å². The summed E-state index contributed by atoms with van der Waals surface area (Å²) >= 11 is 6.77. The van der Waals surface area contributed by atoms with Crippen LogP contribution in [0.5, 0.6) is 0 Å². The quantitative estimate of drug-likeness (QED) is 0.441. The van der Waals surface area contributed by atoms with Crippen molar-refractivity contribution in [1.82, 2.24) is 18.8 Å². The van der Waals surface area contributed by atoms with Crippen molar-refractivity contribution in [3.05, 3.63) is 78.9 Å². The molecule has 1 fully saturated rings. The minimum Gasteiger partial charge on any atom is -0.350 e. The summed E-state index contributed by atoms with van der Waals surface area (Å²) in [5.74, 6) is -0.624. The molecule has 39 heavy (non-hydrogen) atoms. The summed E-state index contributed by atoms with van der Waals surface area (Å²) in [5, 5.41) is 2.59. The highest BCUT2D eigenvalue weighted by Crippen LogP contribution is 2.32. The fourth-order valence-electron chi connectivity index (χ4n) is 4.34. The predicted molar refractivity (Wildman–Crippen MR) is 140 cm³/mol. The summed E-state index contributed by atoms with van der Waals surface area (Å²) in [7, 11) is -3.97. The molecule has 0 aliphatic carbocycles. The number of carbonyl (C=O) groups is 1. The van der Waals surface area contributed by atoms with E-state index in [1.165, 1.54) is 18.3 Å². The molecule has 1 aliphatic heterocycles. The number of amides is 1. The molecule has 0 saturated carbocycles. The van der Waals surface area contributed by atoms with E-state index in [1.54, 1.807) is 13.8 Å². The highest BCUT2D eigenvalue weighted by Gasteiger charge is 2.40. The van der Waals surface area contributed by atoms with E-state index in [9.17, 15) is 36.0 Å². The van der Waals surface area contributed by atoms with Gasteiger partial charge in [0.1, 0.15) is 10.3 Å². The Morgan fingerprint density at radius 3 is 2.38 bits per heavy atom. The number of hydrogen-bond acceptors (Lipinski definition) is 6. The Hall–Kier alpha value is -2.94. The maximum absolute atomic E-state index is 13.1. The average Bonchev–Trinajstić information content (AvgIpc) is 3.53. The summed E-state index contributed by atoms with van der Waals surface area (Å²) in [5.41, 5.74) is -2.24. The second-order valence-electron chi connectivity index (χ2n) is 9.17. The molecule has 2 aromatic heterocycles. The van der Waals surface area contributed by atoms with Crippen LogP contribution >= 0.6 is 22.9 Å². The predicted octanol–water partition coefficient (Wildman–Crippen LogP) is 3.78. The van der Waals surface area contributed by atoms with Gasteiger partial charge in [0.2, 0.25) is 5.91 Å². The highest BCUT2D eigenvalue weighted by molar-refractivity contribution is 7.91. The summed E-state index contributed by atoms with van der Waals surface area (Å²) in [4.78, 5) is 39.2. The number of aromatic nitrogens is 2. The normalized spacial score (nSPS) is 16.6. The number of rotatable bonds is 7. The highest BCUT2D eigenvalue weighted by atomic mass is 35.5. The van der Waals surface area contributed by atoms with E-state index in [0.717, 1.165) is 49.0 Å². The van der Waals surface area contributed by atoms with Crippen LogP contribution in [0.15, 0.2) is 56.4 Å². The van der Waals surface area contributed by atoms with Crippen LogP contribution in [0.1, 0.15) is 43.9 Å². The Bertz CT molecular complexity index is 1610. The van der Waals surface area contributed by atoms with E-state index >= 15 is 0 Å². The number of hydrogen-bond donors (Lipinski definition) is 1. The van der Waals surface area contributed by atoms with Gasteiger partial charge in [0, 0.05) is 25.3 Å². The number of nitrogens with zero attached hydrogens (tertiary/aromatic N) is 3. The van der Waals surface area contributed by atoms with Crippen LogP contribution in [0.25, 0.3) is 5.69 Å².